The summed E-state index contributed by atoms with van der Waals surface area (Å²) in [4.78, 5) is 11.8. The molecule has 0 aliphatic heterocycles. The van der Waals surface area contributed by atoms with Crippen molar-refractivity contribution in [1.29, 1.82) is 5.26 Å². The summed E-state index contributed by atoms with van der Waals surface area (Å²) in [6.45, 7) is 0.110. The number of hydrogen-bond donors (Lipinski definition) is 1. The zero-order chi connectivity index (χ0) is 22.1. The fourth-order valence-electron chi connectivity index (χ4n) is 2.52. The second-order valence-corrected chi connectivity index (χ2v) is 7.57. The highest BCUT2D eigenvalue weighted by Crippen LogP contribution is 2.26. The molecule has 8 heteroatoms. The fourth-order valence-corrected chi connectivity index (χ4v) is 3.15. The molecule has 31 heavy (non-hydrogen) atoms. The Labute approximate surface area is 193 Å². The van der Waals surface area contributed by atoms with Crippen molar-refractivity contribution in [3.8, 4) is 17.6 Å². The zero-order valence-corrected chi connectivity index (χ0v) is 18.6. The van der Waals surface area contributed by atoms with Gasteiger partial charge in [-0.25, -0.2) is 5.43 Å². The molecule has 3 aromatic carbocycles. The highest BCUT2D eigenvalue weighted by atomic mass is 79.9. The topological polar surface area (TPSA) is 83.7 Å². The highest BCUT2D eigenvalue weighted by molar-refractivity contribution is 9.10. The molecule has 0 saturated carbocycles. The number of hydrazone groups is 1. The number of halogens is 2. The molecule has 0 aromatic heterocycles. The maximum Gasteiger partial charge on any atom is 0.277 e. The van der Waals surface area contributed by atoms with Gasteiger partial charge in [-0.05, 0) is 70.0 Å². The Morgan fingerprint density at radius 3 is 2.65 bits per heavy atom. The molecule has 156 valence electrons. The second-order valence-electron chi connectivity index (χ2n) is 6.28. The van der Waals surface area contributed by atoms with Crippen molar-refractivity contribution in [3.63, 3.8) is 0 Å². The van der Waals surface area contributed by atoms with Gasteiger partial charge in [0, 0.05) is 10.6 Å². The van der Waals surface area contributed by atoms with Gasteiger partial charge in [0.15, 0.2) is 6.61 Å². The van der Waals surface area contributed by atoms with Crippen LogP contribution in [0.5, 0.6) is 11.5 Å². The van der Waals surface area contributed by atoms with E-state index in [-0.39, 0.29) is 19.1 Å². The Balaban J connectivity index is 1.50. The Morgan fingerprint density at radius 1 is 1.13 bits per heavy atom. The lowest BCUT2D eigenvalue weighted by atomic mass is 10.1. The van der Waals surface area contributed by atoms with Crippen LogP contribution in [0.3, 0.4) is 0 Å². The number of hydrogen-bond acceptors (Lipinski definition) is 5. The standard InChI is InChI=1S/C23H17BrClN3O3/c24-21-11-16(5-10-22(21)31-14-18-4-2-1-3-17(18)12-26)13-27-28-23(29)15-30-20-8-6-19(25)7-9-20/h1-11,13H,14-15H2,(H,28,29)/b27-13-. The molecule has 0 fully saturated rings. The number of nitrogens with one attached hydrogen (secondary N) is 1. The van der Waals surface area contributed by atoms with Crippen molar-refractivity contribution in [3.05, 3.63) is 92.9 Å². The molecule has 1 amide bonds. The van der Waals surface area contributed by atoms with Crippen LogP contribution < -0.4 is 14.9 Å². The van der Waals surface area contributed by atoms with E-state index < -0.39 is 0 Å². The van der Waals surface area contributed by atoms with E-state index in [4.69, 9.17) is 26.3 Å². The van der Waals surface area contributed by atoms with E-state index in [1.807, 2.05) is 24.3 Å². The molecule has 1 N–H and O–H groups in total. The molecule has 3 aromatic rings. The third-order valence-electron chi connectivity index (χ3n) is 4.06. The van der Waals surface area contributed by atoms with Crippen LogP contribution in [-0.4, -0.2) is 18.7 Å². The average molecular weight is 499 g/mol. The number of nitriles is 1. The van der Waals surface area contributed by atoms with E-state index in [1.165, 1.54) is 6.21 Å². The van der Waals surface area contributed by atoms with Gasteiger partial charge in [0.2, 0.25) is 0 Å². The minimum atomic E-state index is -0.388. The van der Waals surface area contributed by atoms with Gasteiger partial charge in [-0.1, -0.05) is 29.8 Å². The number of ether oxygens (including phenoxy) is 2. The smallest absolute Gasteiger partial charge is 0.277 e. The summed E-state index contributed by atoms with van der Waals surface area (Å²) in [7, 11) is 0. The quantitative estimate of drug-likeness (QED) is 0.347. The van der Waals surface area contributed by atoms with E-state index in [0.717, 1.165) is 15.6 Å². The van der Waals surface area contributed by atoms with Gasteiger partial charge in [0.25, 0.3) is 5.91 Å². The van der Waals surface area contributed by atoms with Crippen LogP contribution in [-0.2, 0) is 11.4 Å². The predicted molar refractivity (Wildman–Crippen MR) is 122 cm³/mol. The first-order valence-electron chi connectivity index (χ1n) is 9.16. The Hall–Kier alpha value is -3.34. The van der Waals surface area contributed by atoms with Crippen LogP contribution in [0.1, 0.15) is 16.7 Å². The monoisotopic (exact) mass is 497 g/mol. The van der Waals surface area contributed by atoms with Gasteiger partial charge in [-0.15, -0.1) is 0 Å². The Morgan fingerprint density at radius 2 is 1.90 bits per heavy atom. The molecule has 0 heterocycles. The molecule has 6 nitrogen and oxygen atoms in total. The molecule has 0 saturated heterocycles. The first-order chi connectivity index (χ1) is 15.0. The first kappa shape index (κ1) is 22.3. The summed E-state index contributed by atoms with van der Waals surface area (Å²) in [6.07, 6.45) is 1.51. The largest absolute Gasteiger partial charge is 0.488 e. The minimum absolute atomic E-state index is 0.167. The lowest BCUT2D eigenvalue weighted by Gasteiger charge is -2.10. The second kappa shape index (κ2) is 11.2. The van der Waals surface area contributed by atoms with Gasteiger partial charge in [-0.2, -0.15) is 10.4 Å². The molecule has 3 rings (SSSR count). The molecule has 0 unspecified atom stereocenters. The van der Waals surface area contributed by atoms with Gasteiger partial charge in [-0.3, -0.25) is 4.79 Å². The number of carbonyl (C=O) groups excluding carboxylic acids is 1. The normalized spacial score (nSPS) is 10.5. The molecular weight excluding hydrogens is 482 g/mol. The fraction of sp³-hybridized carbons (Fsp3) is 0.0870. The minimum Gasteiger partial charge on any atom is -0.488 e. The average Bonchev–Trinajstić information content (AvgIpc) is 2.78. The summed E-state index contributed by atoms with van der Waals surface area (Å²) in [5.41, 5.74) is 4.56. The maximum atomic E-state index is 11.8. The maximum absolute atomic E-state index is 11.8. The summed E-state index contributed by atoms with van der Waals surface area (Å²) >= 11 is 9.27. The summed E-state index contributed by atoms with van der Waals surface area (Å²) < 4.78 is 11.9. The van der Waals surface area contributed by atoms with Crippen molar-refractivity contribution >= 4 is 39.7 Å². The van der Waals surface area contributed by atoms with Crippen molar-refractivity contribution < 1.29 is 14.3 Å². The molecular formula is C23H17BrClN3O3. The predicted octanol–water partition coefficient (Wildman–Crippen LogP) is 5.08. The van der Waals surface area contributed by atoms with E-state index in [0.29, 0.717) is 22.1 Å². The van der Waals surface area contributed by atoms with Crippen LogP contribution in [0.15, 0.2) is 76.3 Å². The number of rotatable bonds is 8. The van der Waals surface area contributed by atoms with Crippen molar-refractivity contribution in [2.45, 2.75) is 6.61 Å². The van der Waals surface area contributed by atoms with Crippen LogP contribution in [0, 0.1) is 11.3 Å². The molecule has 0 aliphatic carbocycles. The van der Waals surface area contributed by atoms with Gasteiger partial charge in [0.1, 0.15) is 18.1 Å². The summed E-state index contributed by atoms with van der Waals surface area (Å²) in [5, 5.41) is 13.7. The molecule has 0 radical (unpaired) electrons. The Kier molecular flexibility index (Phi) is 8.05. The van der Waals surface area contributed by atoms with Gasteiger partial charge in [0.05, 0.1) is 22.3 Å². The SMILES string of the molecule is N#Cc1ccccc1COc1ccc(/C=N\NC(=O)COc2ccc(Cl)cc2)cc1Br. The van der Waals surface area contributed by atoms with Gasteiger partial charge >= 0.3 is 0 Å². The lowest BCUT2D eigenvalue weighted by Crippen LogP contribution is -2.24. The lowest BCUT2D eigenvalue weighted by molar-refractivity contribution is -0.123. The number of carbonyl (C=O) groups is 1. The number of nitrogens with zero attached hydrogens (tertiary/aromatic N) is 2. The van der Waals surface area contributed by atoms with E-state index in [1.54, 1.807) is 42.5 Å². The summed E-state index contributed by atoms with van der Waals surface area (Å²) in [5.74, 6) is 0.784. The molecule has 0 spiro atoms. The van der Waals surface area contributed by atoms with Gasteiger partial charge < -0.3 is 9.47 Å². The molecule has 0 aliphatic rings. The van der Waals surface area contributed by atoms with Crippen molar-refractivity contribution in [2.24, 2.45) is 5.10 Å². The van der Waals surface area contributed by atoms with Crippen LogP contribution in [0.2, 0.25) is 5.02 Å². The van der Waals surface area contributed by atoms with E-state index >= 15 is 0 Å². The third kappa shape index (κ3) is 6.85. The number of amides is 1. The first-order valence-corrected chi connectivity index (χ1v) is 10.3. The molecule has 0 bridgehead atoms. The Bertz CT molecular complexity index is 1130. The van der Waals surface area contributed by atoms with Crippen LogP contribution >= 0.6 is 27.5 Å². The highest BCUT2D eigenvalue weighted by Gasteiger charge is 2.06. The van der Waals surface area contributed by atoms with Crippen LogP contribution in [0.4, 0.5) is 0 Å². The van der Waals surface area contributed by atoms with Crippen molar-refractivity contribution in [2.75, 3.05) is 6.61 Å². The van der Waals surface area contributed by atoms with Crippen LogP contribution in [0.25, 0.3) is 0 Å². The summed E-state index contributed by atoms with van der Waals surface area (Å²) in [6, 6.07) is 21.6. The van der Waals surface area contributed by atoms with E-state index in [9.17, 15) is 4.79 Å². The molecule has 0 atom stereocenters. The zero-order valence-electron chi connectivity index (χ0n) is 16.2. The third-order valence-corrected chi connectivity index (χ3v) is 4.94. The number of benzene rings is 3. The van der Waals surface area contributed by atoms with E-state index in [2.05, 4.69) is 32.5 Å². The van der Waals surface area contributed by atoms with Crippen molar-refractivity contribution in [1.82, 2.24) is 5.43 Å².